The normalized spacial score (nSPS) is 11.6. The van der Waals surface area contributed by atoms with Crippen LogP contribution in [0.4, 0.5) is 0 Å². The summed E-state index contributed by atoms with van der Waals surface area (Å²) in [6.45, 7) is -2.08. The van der Waals surface area contributed by atoms with Crippen LogP contribution in [-0.2, 0) is 20.1 Å². The molecule has 0 spiro atoms. The topological polar surface area (TPSA) is 25.8 Å². The summed E-state index contributed by atoms with van der Waals surface area (Å²) in [7, 11) is 0. The minimum absolute atomic E-state index is 0. The number of aryl methyl sites for hydroxylation is 1. The molecule has 1 radical (unpaired) electrons. The number of benzene rings is 3. The van der Waals surface area contributed by atoms with Gasteiger partial charge in [0.2, 0.25) is 0 Å². The van der Waals surface area contributed by atoms with E-state index >= 15 is 0 Å². The molecule has 0 saturated carbocycles. The molecule has 0 aliphatic carbocycles. The molecule has 0 N–H and O–H groups in total. The summed E-state index contributed by atoms with van der Waals surface area (Å²) in [4.78, 5) is 8.65. The molecule has 0 unspecified atom stereocenters. The SMILES string of the molecule is [2H]C([2H])([2H])c1cc[c-]c(-c2ccccn2)c1.[Ir].[c-]1ccccc1-c1ccc(-c2ccccc2)cn1. The average Bonchev–Trinajstić information content (AvgIpc) is 2.90. The van der Waals surface area contributed by atoms with Crippen LogP contribution in [-0.4, -0.2) is 9.97 Å². The molecule has 2 heterocycles. The predicted octanol–water partition coefficient (Wildman–Crippen LogP) is 7.07. The number of aromatic nitrogens is 2. The first-order chi connectivity index (χ1) is 16.5. The summed E-state index contributed by atoms with van der Waals surface area (Å²) in [5.74, 6) is 0. The fraction of sp³-hybridized carbons (Fsp3) is 0.0345. The van der Waals surface area contributed by atoms with Crippen LogP contribution >= 0.6 is 0 Å². The van der Waals surface area contributed by atoms with Crippen LogP contribution in [0.3, 0.4) is 0 Å². The second kappa shape index (κ2) is 11.9. The van der Waals surface area contributed by atoms with Crippen molar-refractivity contribution in [3.63, 3.8) is 0 Å². The Kier molecular flexibility index (Phi) is 7.15. The van der Waals surface area contributed by atoms with Gasteiger partial charge in [-0.2, -0.15) is 0 Å². The predicted molar refractivity (Wildman–Crippen MR) is 127 cm³/mol. The minimum Gasteiger partial charge on any atom is -0.305 e. The molecule has 3 heteroatoms. The van der Waals surface area contributed by atoms with Crippen molar-refractivity contribution in [1.82, 2.24) is 9.97 Å². The summed E-state index contributed by atoms with van der Waals surface area (Å²) in [5.41, 5.74) is 6.05. The second-order valence-electron chi connectivity index (χ2n) is 6.78. The first-order valence-corrected chi connectivity index (χ1v) is 9.93. The van der Waals surface area contributed by atoms with Gasteiger partial charge in [-0.25, -0.2) is 0 Å². The van der Waals surface area contributed by atoms with Gasteiger partial charge in [0.15, 0.2) is 0 Å². The Balaban J connectivity index is 0.000000192. The largest absolute Gasteiger partial charge is 0.305 e. The smallest absolute Gasteiger partial charge is 0.0263 e. The Morgan fingerprint density at radius 2 is 1.44 bits per heavy atom. The number of hydrogen-bond donors (Lipinski definition) is 0. The van der Waals surface area contributed by atoms with Gasteiger partial charge in [0.05, 0.1) is 0 Å². The first-order valence-electron chi connectivity index (χ1n) is 11.4. The van der Waals surface area contributed by atoms with Crippen molar-refractivity contribution in [1.29, 1.82) is 0 Å². The Hall–Kier alpha value is -3.39. The summed E-state index contributed by atoms with van der Waals surface area (Å²) < 4.78 is 22.0. The van der Waals surface area contributed by atoms with Gasteiger partial charge in [0.25, 0.3) is 0 Å². The van der Waals surface area contributed by atoms with Crippen molar-refractivity contribution in [3.05, 3.63) is 133 Å². The van der Waals surface area contributed by atoms with Gasteiger partial charge in [-0.3, -0.25) is 0 Å². The van der Waals surface area contributed by atoms with Crippen molar-refractivity contribution in [2.75, 3.05) is 0 Å². The van der Waals surface area contributed by atoms with Gasteiger partial charge >= 0.3 is 0 Å². The zero-order valence-electron chi connectivity index (χ0n) is 20.2. The molecule has 0 aliphatic rings. The third-order valence-corrected chi connectivity index (χ3v) is 4.60. The first kappa shape index (κ1) is 19.3. The van der Waals surface area contributed by atoms with Crippen molar-refractivity contribution in [2.24, 2.45) is 0 Å². The fourth-order valence-electron chi connectivity index (χ4n) is 3.04. The summed E-state index contributed by atoms with van der Waals surface area (Å²) in [6, 6.07) is 38.7. The molecule has 5 rings (SSSR count). The molecule has 0 bridgehead atoms. The molecular formula is C29H22IrN2-2. The maximum absolute atomic E-state index is 7.33. The Labute approximate surface area is 207 Å². The van der Waals surface area contributed by atoms with Crippen molar-refractivity contribution in [3.8, 4) is 33.6 Å². The van der Waals surface area contributed by atoms with E-state index in [4.69, 9.17) is 4.11 Å². The number of rotatable bonds is 3. The Morgan fingerprint density at radius 3 is 2.12 bits per heavy atom. The summed E-state index contributed by atoms with van der Waals surface area (Å²) in [6.07, 6.45) is 3.58. The van der Waals surface area contributed by atoms with Gasteiger partial charge in [-0.15, -0.1) is 71.3 Å². The molecule has 0 fully saturated rings. The van der Waals surface area contributed by atoms with Crippen molar-refractivity contribution >= 4 is 0 Å². The third kappa shape index (κ3) is 6.31. The van der Waals surface area contributed by atoms with E-state index in [0.29, 0.717) is 11.1 Å². The third-order valence-electron chi connectivity index (χ3n) is 4.60. The number of pyridine rings is 2. The van der Waals surface area contributed by atoms with Crippen molar-refractivity contribution in [2.45, 2.75) is 6.85 Å². The molecular weight excluding hydrogens is 569 g/mol. The van der Waals surface area contributed by atoms with E-state index in [2.05, 4.69) is 40.3 Å². The van der Waals surface area contributed by atoms with E-state index in [1.54, 1.807) is 24.4 Å². The van der Waals surface area contributed by atoms with Crippen LogP contribution < -0.4 is 0 Å². The fourth-order valence-corrected chi connectivity index (χ4v) is 3.04. The van der Waals surface area contributed by atoms with E-state index < -0.39 is 6.85 Å². The maximum Gasteiger partial charge on any atom is 0.0263 e. The quantitative estimate of drug-likeness (QED) is 0.209. The summed E-state index contributed by atoms with van der Waals surface area (Å²) >= 11 is 0. The van der Waals surface area contributed by atoms with Crippen LogP contribution in [0.15, 0.2) is 116 Å². The molecule has 2 nitrogen and oxygen atoms in total. The van der Waals surface area contributed by atoms with Gasteiger partial charge in [-0.05, 0) is 28.6 Å². The molecule has 2 aromatic heterocycles. The van der Waals surface area contributed by atoms with E-state index in [9.17, 15) is 0 Å². The molecule has 0 saturated heterocycles. The summed E-state index contributed by atoms with van der Waals surface area (Å²) in [5, 5.41) is 0. The van der Waals surface area contributed by atoms with E-state index in [0.717, 1.165) is 22.5 Å². The van der Waals surface area contributed by atoms with Crippen LogP contribution in [0.2, 0.25) is 0 Å². The molecule has 0 aliphatic heterocycles. The average molecular weight is 594 g/mol. The zero-order valence-corrected chi connectivity index (χ0v) is 19.6. The molecule has 5 aromatic rings. The molecule has 0 amide bonds. The van der Waals surface area contributed by atoms with E-state index in [1.807, 2.05) is 72.9 Å². The van der Waals surface area contributed by atoms with Crippen molar-refractivity contribution < 1.29 is 24.2 Å². The van der Waals surface area contributed by atoms with Gasteiger partial charge in [-0.1, -0.05) is 61.4 Å². The van der Waals surface area contributed by atoms with Gasteiger partial charge in [0, 0.05) is 36.6 Å². The van der Waals surface area contributed by atoms with E-state index in [-0.39, 0.29) is 20.1 Å². The monoisotopic (exact) mass is 594 g/mol. The molecule has 0 atom stereocenters. The van der Waals surface area contributed by atoms with E-state index in [1.165, 1.54) is 5.56 Å². The molecule has 159 valence electrons. The van der Waals surface area contributed by atoms with Crippen LogP contribution in [0.1, 0.15) is 9.68 Å². The zero-order chi connectivity index (χ0) is 23.8. The molecule has 3 aromatic carbocycles. The Morgan fingerprint density at radius 1 is 0.656 bits per heavy atom. The van der Waals surface area contributed by atoms with Crippen LogP contribution in [0.25, 0.3) is 33.6 Å². The van der Waals surface area contributed by atoms with Gasteiger partial charge < -0.3 is 9.97 Å². The van der Waals surface area contributed by atoms with Crippen LogP contribution in [0.5, 0.6) is 0 Å². The molecule has 32 heavy (non-hydrogen) atoms. The standard InChI is InChI=1S/C17H12N.C12H10N.Ir/c1-3-7-14(8-4-1)16-11-12-17(18-13-16)15-9-5-2-6-10-15;1-10-5-4-6-11(9-10)12-7-2-3-8-13-12;/h1-9,11-13H;2-5,7-9H,1H3;/q2*-1;/i;1D3;. The minimum atomic E-state index is -2.08. The Bertz CT molecular complexity index is 1250. The number of hydrogen-bond acceptors (Lipinski definition) is 2. The van der Waals surface area contributed by atoms with Crippen LogP contribution in [0, 0.1) is 19.0 Å². The maximum atomic E-state index is 7.33. The van der Waals surface area contributed by atoms with Gasteiger partial charge in [0.1, 0.15) is 0 Å². The second-order valence-corrected chi connectivity index (χ2v) is 6.78. The number of nitrogens with zero attached hydrogens (tertiary/aromatic N) is 2.